The molecule has 2 aliphatic rings. The van der Waals surface area contributed by atoms with E-state index in [-0.39, 0.29) is 22.2 Å². The van der Waals surface area contributed by atoms with Gasteiger partial charge in [-0.3, -0.25) is 14.6 Å². The first-order chi connectivity index (χ1) is 15.4. The van der Waals surface area contributed by atoms with Gasteiger partial charge in [0, 0.05) is 30.7 Å². The van der Waals surface area contributed by atoms with Crippen LogP contribution in [0.3, 0.4) is 0 Å². The zero-order valence-electron chi connectivity index (χ0n) is 17.4. The summed E-state index contributed by atoms with van der Waals surface area (Å²) in [6.07, 6.45) is 5.25. The quantitative estimate of drug-likeness (QED) is 0.723. The van der Waals surface area contributed by atoms with E-state index in [1.54, 1.807) is 11.0 Å². The number of pyridine rings is 1. The van der Waals surface area contributed by atoms with Crippen LogP contribution >= 0.6 is 11.6 Å². The summed E-state index contributed by atoms with van der Waals surface area (Å²) in [6, 6.07) is 4.30. The van der Waals surface area contributed by atoms with E-state index in [9.17, 15) is 18.4 Å². The molecule has 1 saturated carbocycles. The fraction of sp³-hybridized carbons (Fsp3) is 0.500. The molecule has 4 rings (SSSR count). The minimum atomic E-state index is -3.01. The third-order valence-electron chi connectivity index (χ3n) is 5.98. The smallest absolute Gasteiger partial charge is 0.387 e. The maximum absolute atomic E-state index is 13.4. The molecule has 0 unspecified atom stereocenters. The molecule has 2 aromatic rings. The lowest BCUT2D eigenvalue weighted by Crippen LogP contribution is -2.62. The number of amides is 2. The number of aromatic nitrogens is 1. The molecule has 1 aromatic heterocycles. The van der Waals surface area contributed by atoms with Crippen LogP contribution in [0, 0.1) is 0 Å². The van der Waals surface area contributed by atoms with Crippen molar-refractivity contribution >= 4 is 34.3 Å². The second-order valence-electron chi connectivity index (χ2n) is 8.08. The first kappa shape index (κ1) is 22.7. The van der Waals surface area contributed by atoms with Crippen molar-refractivity contribution in [1.82, 2.24) is 15.2 Å². The van der Waals surface area contributed by atoms with Crippen LogP contribution in [0.5, 0.6) is 5.75 Å². The fourth-order valence-electron chi connectivity index (χ4n) is 4.35. The summed E-state index contributed by atoms with van der Waals surface area (Å²) in [6.45, 7) is -1.01. The summed E-state index contributed by atoms with van der Waals surface area (Å²) in [5.41, 5.74) is -0.331. The van der Waals surface area contributed by atoms with E-state index in [2.05, 4.69) is 15.0 Å². The zero-order chi connectivity index (χ0) is 22.7. The molecule has 2 fully saturated rings. The predicted octanol–water partition coefficient (Wildman–Crippen LogP) is 3.78. The molecule has 172 valence electrons. The van der Waals surface area contributed by atoms with Crippen molar-refractivity contribution in [1.29, 1.82) is 0 Å². The number of hydrogen-bond acceptors (Lipinski definition) is 5. The highest BCUT2D eigenvalue weighted by atomic mass is 35.5. The lowest BCUT2D eigenvalue weighted by Gasteiger charge is -2.41. The van der Waals surface area contributed by atoms with Crippen LogP contribution in [0.4, 0.5) is 8.78 Å². The molecule has 1 N–H and O–H groups in total. The van der Waals surface area contributed by atoms with E-state index in [4.69, 9.17) is 16.3 Å². The monoisotopic (exact) mass is 467 g/mol. The van der Waals surface area contributed by atoms with E-state index in [1.165, 1.54) is 18.3 Å². The van der Waals surface area contributed by atoms with Gasteiger partial charge in [-0.25, -0.2) is 0 Å². The standard InChI is InChI=1S/C22H24ClF2N3O4/c23-16-11-14-10-15(13-26-17(14)12-18(16)32-21(24)25)19(29)27-22(4-2-1-3-5-22)20(30)28-6-8-31-9-7-28/h10-13,21H,1-9H2,(H,27,29). The molecule has 1 aromatic carbocycles. The summed E-state index contributed by atoms with van der Waals surface area (Å²) in [5, 5.41) is 3.49. The van der Waals surface area contributed by atoms with E-state index < -0.39 is 18.1 Å². The van der Waals surface area contributed by atoms with Gasteiger partial charge in [-0.05, 0) is 25.0 Å². The van der Waals surface area contributed by atoms with Gasteiger partial charge in [-0.15, -0.1) is 0 Å². The number of ether oxygens (including phenoxy) is 2. The molecule has 7 nitrogen and oxygen atoms in total. The summed E-state index contributed by atoms with van der Waals surface area (Å²) < 4.78 is 34.8. The zero-order valence-corrected chi connectivity index (χ0v) is 18.2. The first-order valence-electron chi connectivity index (χ1n) is 10.6. The molecule has 0 radical (unpaired) electrons. The molecule has 10 heteroatoms. The maximum atomic E-state index is 13.4. The Balaban J connectivity index is 1.58. The summed E-state index contributed by atoms with van der Waals surface area (Å²) in [4.78, 5) is 32.5. The van der Waals surface area contributed by atoms with Gasteiger partial charge in [0.15, 0.2) is 0 Å². The molecule has 2 heterocycles. The largest absolute Gasteiger partial charge is 0.433 e. The Morgan fingerprint density at radius 2 is 1.88 bits per heavy atom. The molecule has 1 saturated heterocycles. The molecular weight excluding hydrogens is 444 g/mol. The number of hydrogen-bond donors (Lipinski definition) is 1. The number of halogens is 3. The number of alkyl halides is 2. The lowest BCUT2D eigenvalue weighted by atomic mass is 9.80. The molecule has 0 atom stereocenters. The van der Waals surface area contributed by atoms with Crippen molar-refractivity contribution in [2.75, 3.05) is 26.3 Å². The van der Waals surface area contributed by atoms with Gasteiger partial charge >= 0.3 is 6.61 Å². The number of rotatable bonds is 5. The van der Waals surface area contributed by atoms with Gasteiger partial charge in [-0.1, -0.05) is 30.9 Å². The van der Waals surface area contributed by atoms with Gasteiger partial charge in [0.25, 0.3) is 5.91 Å². The van der Waals surface area contributed by atoms with Crippen LogP contribution in [0.2, 0.25) is 5.02 Å². The van der Waals surface area contributed by atoms with Gasteiger partial charge in [-0.2, -0.15) is 8.78 Å². The Labute approximate surface area is 189 Å². The van der Waals surface area contributed by atoms with Gasteiger partial charge in [0.2, 0.25) is 5.91 Å². The van der Waals surface area contributed by atoms with Crippen LogP contribution in [0.25, 0.3) is 10.9 Å². The minimum absolute atomic E-state index is 0.0107. The van der Waals surface area contributed by atoms with E-state index in [0.717, 1.165) is 19.3 Å². The predicted molar refractivity (Wildman–Crippen MR) is 114 cm³/mol. The van der Waals surface area contributed by atoms with Gasteiger partial charge in [0.1, 0.15) is 11.3 Å². The third-order valence-corrected chi connectivity index (χ3v) is 6.28. The fourth-order valence-corrected chi connectivity index (χ4v) is 4.56. The lowest BCUT2D eigenvalue weighted by molar-refractivity contribution is -0.143. The topological polar surface area (TPSA) is 80.8 Å². The molecule has 0 bridgehead atoms. The first-order valence-corrected chi connectivity index (χ1v) is 11.0. The normalized spacial score (nSPS) is 18.6. The average molecular weight is 468 g/mol. The van der Waals surface area contributed by atoms with Crippen molar-refractivity contribution < 1.29 is 27.8 Å². The molecule has 32 heavy (non-hydrogen) atoms. The Kier molecular flexibility index (Phi) is 6.76. The molecular formula is C22H24ClF2N3O4. The second kappa shape index (κ2) is 9.54. The molecule has 2 amide bonds. The maximum Gasteiger partial charge on any atom is 0.387 e. The Bertz CT molecular complexity index is 1010. The van der Waals surface area contributed by atoms with E-state index in [0.29, 0.717) is 50.0 Å². The SMILES string of the molecule is O=C(NC1(C(=O)N2CCOCC2)CCCCC1)c1cnc2cc(OC(F)F)c(Cl)cc2c1. The van der Waals surface area contributed by atoms with Crippen molar-refractivity contribution in [2.45, 2.75) is 44.3 Å². The summed E-state index contributed by atoms with van der Waals surface area (Å²) in [5.74, 6) is -0.664. The van der Waals surface area contributed by atoms with E-state index in [1.807, 2.05) is 0 Å². The molecule has 0 spiro atoms. The highest BCUT2D eigenvalue weighted by molar-refractivity contribution is 6.32. The molecule has 1 aliphatic carbocycles. The van der Waals surface area contributed by atoms with Crippen molar-refractivity contribution in [2.24, 2.45) is 0 Å². The number of nitrogens with one attached hydrogen (secondary N) is 1. The number of nitrogens with zero attached hydrogens (tertiary/aromatic N) is 2. The minimum Gasteiger partial charge on any atom is -0.433 e. The van der Waals surface area contributed by atoms with Crippen LogP contribution in [0.15, 0.2) is 24.4 Å². The average Bonchev–Trinajstić information content (AvgIpc) is 2.79. The number of morpholine rings is 1. The summed E-state index contributed by atoms with van der Waals surface area (Å²) in [7, 11) is 0. The number of carbonyl (C=O) groups is 2. The Hall–Kier alpha value is -2.52. The Morgan fingerprint density at radius 1 is 1.16 bits per heavy atom. The second-order valence-corrected chi connectivity index (χ2v) is 8.49. The van der Waals surface area contributed by atoms with Crippen molar-refractivity contribution in [3.8, 4) is 5.75 Å². The van der Waals surface area contributed by atoms with Crippen LogP contribution < -0.4 is 10.1 Å². The summed E-state index contributed by atoms with van der Waals surface area (Å²) >= 11 is 6.04. The molecule has 1 aliphatic heterocycles. The van der Waals surface area contributed by atoms with Gasteiger partial charge in [0.05, 0.1) is 29.3 Å². The number of carbonyl (C=O) groups excluding carboxylic acids is 2. The van der Waals surface area contributed by atoms with Gasteiger partial charge < -0.3 is 19.7 Å². The highest BCUT2D eigenvalue weighted by Gasteiger charge is 2.43. The van der Waals surface area contributed by atoms with Crippen LogP contribution in [-0.4, -0.2) is 60.2 Å². The van der Waals surface area contributed by atoms with Crippen molar-refractivity contribution in [3.05, 3.63) is 35.0 Å². The van der Waals surface area contributed by atoms with Crippen LogP contribution in [0.1, 0.15) is 42.5 Å². The van der Waals surface area contributed by atoms with Crippen LogP contribution in [-0.2, 0) is 9.53 Å². The third kappa shape index (κ3) is 4.78. The number of benzene rings is 1. The van der Waals surface area contributed by atoms with Crippen molar-refractivity contribution in [3.63, 3.8) is 0 Å². The Morgan fingerprint density at radius 3 is 2.56 bits per heavy atom. The highest BCUT2D eigenvalue weighted by Crippen LogP contribution is 2.33. The van der Waals surface area contributed by atoms with E-state index >= 15 is 0 Å². The number of fused-ring (bicyclic) bond motifs is 1.